The number of aliphatic hydroxyl groups excluding tert-OH is 2. The summed E-state index contributed by atoms with van der Waals surface area (Å²) in [6.07, 6.45) is -4.40. The van der Waals surface area contributed by atoms with Gasteiger partial charge in [-0.25, -0.2) is 19.4 Å². The average Bonchev–Trinajstić information content (AvgIpc) is 3.22. The van der Waals surface area contributed by atoms with E-state index in [-0.39, 0.29) is 55.9 Å². The highest BCUT2D eigenvalue weighted by Crippen LogP contribution is 2.46. The Hall–Kier alpha value is -4.93. The number of aliphatic hydroxyl groups is 2. The fraction of sp³-hybridized carbons (Fsp3) is 0.292. The van der Waals surface area contributed by atoms with Crippen LogP contribution in [-0.4, -0.2) is 69.0 Å². The number of anilines is 1. The summed E-state index contributed by atoms with van der Waals surface area (Å²) in [6.45, 7) is -0.639. The lowest BCUT2D eigenvalue weighted by Gasteiger charge is -2.23. The van der Waals surface area contributed by atoms with Gasteiger partial charge in [-0.3, -0.25) is 4.57 Å². The molecule has 1 fully saturated rings. The minimum Gasteiger partial charge on any atom is -0.504 e. The van der Waals surface area contributed by atoms with Crippen molar-refractivity contribution >= 4 is 38.7 Å². The molecule has 16 nitrogen and oxygen atoms in total. The minimum atomic E-state index is -1.56. The molecule has 16 heteroatoms. The van der Waals surface area contributed by atoms with Crippen molar-refractivity contribution in [1.82, 2.24) is 14.5 Å². The number of benzene rings is 2. The lowest BCUT2D eigenvalue weighted by Crippen LogP contribution is -2.40. The second kappa shape index (κ2) is 9.08. The number of aromatic nitrogens is 3. The van der Waals surface area contributed by atoms with Crippen LogP contribution in [0.3, 0.4) is 0 Å². The quantitative estimate of drug-likeness (QED) is 0.152. The maximum absolute atomic E-state index is 13.1. The number of nitrogen functional groups attached to an aromatic ring is 1. The Kier molecular flexibility index (Phi) is 5.75. The Morgan fingerprint density at radius 2 is 1.65 bits per heavy atom. The Morgan fingerprint density at radius 1 is 1.02 bits per heavy atom. The van der Waals surface area contributed by atoms with Crippen LogP contribution in [-0.2, 0) is 4.74 Å². The molecule has 0 aliphatic carbocycles. The van der Waals surface area contributed by atoms with Crippen LogP contribution in [0.4, 0.5) is 5.95 Å². The van der Waals surface area contributed by atoms with Crippen molar-refractivity contribution in [2.45, 2.75) is 24.5 Å². The Labute approximate surface area is 220 Å². The molecule has 2 aromatic carbocycles. The number of hydrogen-bond acceptors (Lipinski definition) is 15. The van der Waals surface area contributed by atoms with Crippen molar-refractivity contribution in [2.24, 2.45) is 0 Å². The van der Waals surface area contributed by atoms with Crippen LogP contribution in [0.1, 0.15) is 6.23 Å². The van der Waals surface area contributed by atoms with Gasteiger partial charge >= 0.3 is 16.9 Å². The summed E-state index contributed by atoms with van der Waals surface area (Å²) in [7, 11) is 2.51. The molecule has 0 unspecified atom stereocenters. The summed E-state index contributed by atoms with van der Waals surface area (Å²) in [5.41, 5.74) is 2.41. The molecule has 1 saturated heterocycles. The third kappa shape index (κ3) is 3.54. The van der Waals surface area contributed by atoms with Crippen LogP contribution in [0.15, 0.2) is 41.7 Å². The zero-order valence-corrected chi connectivity index (χ0v) is 20.7. The summed E-state index contributed by atoms with van der Waals surface area (Å²) in [4.78, 5) is 45.6. The highest BCUT2D eigenvalue weighted by Gasteiger charge is 2.47. The van der Waals surface area contributed by atoms with Crippen molar-refractivity contribution in [2.75, 3.05) is 26.6 Å². The second-order valence-electron chi connectivity index (χ2n) is 8.84. The molecule has 5 N–H and O–H groups in total. The zero-order valence-electron chi connectivity index (χ0n) is 20.7. The topological polar surface area (TPSA) is 232 Å². The molecule has 4 atom stereocenters. The molecular weight excluding hydrogens is 536 g/mol. The molecule has 0 spiro atoms. The molecule has 5 aromatic rings. The van der Waals surface area contributed by atoms with Crippen molar-refractivity contribution < 1.29 is 43.1 Å². The third-order valence-corrected chi connectivity index (χ3v) is 6.68. The first kappa shape index (κ1) is 25.4. The van der Waals surface area contributed by atoms with Gasteiger partial charge in [0.15, 0.2) is 35.0 Å². The number of phenols is 1. The largest absolute Gasteiger partial charge is 0.504 e. The van der Waals surface area contributed by atoms with Crippen LogP contribution in [0, 0.1) is 0 Å². The van der Waals surface area contributed by atoms with E-state index in [2.05, 4.69) is 9.97 Å². The van der Waals surface area contributed by atoms with E-state index in [1.165, 1.54) is 20.3 Å². The van der Waals surface area contributed by atoms with E-state index < -0.39 is 53.8 Å². The molecule has 3 aromatic heterocycles. The molecule has 208 valence electrons. The number of aromatic hydroxyl groups is 1. The summed E-state index contributed by atoms with van der Waals surface area (Å²) in [5, 5.41) is 31.4. The third-order valence-electron chi connectivity index (χ3n) is 6.68. The fourth-order valence-corrected chi connectivity index (χ4v) is 4.95. The van der Waals surface area contributed by atoms with Gasteiger partial charge in [-0.2, -0.15) is 4.98 Å². The maximum Gasteiger partial charge on any atom is 0.354 e. The van der Waals surface area contributed by atoms with Gasteiger partial charge in [-0.1, -0.05) is 0 Å². The van der Waals surface area contributed by atoms with Gasteiger partial charge in [0.05, 0.1) is 31.6 Å². The van der Waals surface area contributed by atoms with Gasteiger partial charge in [0, 0.05) is 10.8 Å². The van der Waals surface area contributed by atoms with Crippen LogP contribution < -0.4 is 36.9 Å². The van der Waals surface area contributed by atoms with Gasteiger partial charge in [0.25, 0.3) is 0 Å². The van der Waals surface area contributed by atoms with Crippen LogP contribution in [0.2, 0.25) is 0 Å². The molecule has 1 aliphatic rings. The van der Waals surface area contributed by atoms with E-state index in [1.54, 1.807) is 0 Å². The van der Waals surface area contributed by atoms with Gasteiger partial charge in [-0.15, -0.1) is 0 Å². The van der Waals surface area contributed by atoms with Crippen molar-refractivity contribution in [1.29, 1.82) is 0 Å². The maximum atomic E-state index is 13.1. The monoisotopic (exact) mass is 556 g/mol. The zero-order chi connectivity index (χ0) is 28.5. The summed E-state index contributed by atoms with van der Waals surface area (Å²) in [5.74, 6) is -1.20. The predicted octanol–water partition coefficient (Wildman–Crippen LogP) is -0.555. The van der Waals surface area contributed by atoms with Gasteiger partial charge in [0.1, 0.15) is 18.5 Å². The average molecular weight is 556 g/mol. The van der Waals surface area contributed by atoms with E-state index in [0.717, 1.165) is 17.0 Å². The molecule has 4 heterocycles. The van der Waals surface area contributed by atoms with Gasteiger partial charge in [-0.05, 0) is 12.1 Å². The normalized spacial score (nSPS) is 21.0. The number of rotatable bonds is 6. The molecule has 0 saturated carbocycles. The number of phenolic OH excluding ortho intramolecular Hbond substituents is 1. The van der Waals surface area contributed by atoms with E-state index in [4.69, 9.17) is 33.5 Å². The molecule has 0 bridgehead atoms. The van der Waals surface area contributed by atoms with Crippen molar-refractivity contribution in [3.63, 3.8) is 0 Å². The van der Waals surface area contributed by atoms with E-state index in [0.29, 0.717) is 0 Å². The Bertz CT molecular complexity index is 1960. The molecular formula is C24H20N4O12. The lowest BCUT2D eigenvalue weighted by molar-refractivity contribution is -0.0549. The first-order chi connectivity index (χ1) is 19.2. The highest BCUT2D eigenvalue weighted by molar-refractivity contribution is 6.22. The fourth-order valence-electron chi connectivity index (χ4n) is 4.95. The second-order valence-corrected chi connectivity index (χ2v) is 8.84. The summed E-state index contributed by atoms with van der Waals surface area (Å²) in [6, 6.07) is 2.38. The van der Waals surface area contributed by atoms with E-state index in [9.17, 15) is 29.7 Å². The molecule has 6 rings (SSSR count). The summed E-state index contributed by atoms with van der Waals surface area (Å²) >= 11 is 0. The first-order valence-corrected chi connectivity index (χ1v) is 11.6. The number of nitrogens with two attached hydrogens (primary N) is 1. The number of ether oxygens (including phenoxy) is 4. The standard InChI is InChI=1S/C24H20N4O12/c1-35-15-9(30)3-7-12-13-8(22(33)39-18(12)15)4-10(17(36-2)19(13)40-21(7)32)37-16-11(5-29)38-20(14(16)31)28-6-26-23(25)27-24(28)34/h3-4,6,11,14,16,20,29-31H,5H2,1-2H3,(H2,25,27,34)/t11-,14+,16-,20+/m1/s1. The van der Waals surface area contributed by atoms with Crippen LogP contribution in [0.25, 0.3) is 32.7 Å². The van der Waals surface area contributed by atoms with Crippen molar-refractivity contribution in [3.8, 4) is 23.0 Å². The predicted molar refractivity (Wildman–Crippen MR) is 134 cm³/mol. The Balaban J connectivity index is 1.54. The molecule has 40 heavy (non-hydrogen) atoms. The first-order valence-electron chi connectivity index (χ1n) is 11.6. The SMILES string of the molecule is COc1c(O)cc2c(=O)oc3c(OC)c(O[C@H]4[C@H](O)[C@@H](n5cnc(N)nc5=O)O[C@@H]4CO)cc4c(=O)oc1c2c34. The number of nitrogens with zero attached hydrogens (tertiary/aromatic N) is 3. The lowest BCUT2D eigenvalue weighted by atomic mass is 10.0. The van der Waals surface area contributed by atoms with Crippen LogP contribution in [0.5, 0.6) is 23.0 Å². The number of hydrogen-bond donors (Lipinski definition) is 4. The van der Waals surface area contributed by atoms with Crippen LogP contribution >= 0.6 is 0 Å². The molecule has 1 aliphatic heterocycles. The summed E-state index contributed by atoms with van der Waals surface area (Å²) < 4.78 is 34.1. The van der Waals surface area contributed by atoms with Gasteiger partial charge in [0.2, 0.25) is 17.4 Å². The van der Waals surface area contributed by atoms with E-state index >= 15 is 0 Å². The smallest absolute Gasteiger partial charge is 0.354 e. The highest BCUT2D eigenvalue weighted by atomic mass is 16.6. The molecule has 0 amide bonds. The minimum absolute atomic E-state index is 0.0794. The molecule has 0 radical (unpaired) electrons. The van der Waals surface area contributed by atoms with Gasteiger partial charge < -0.3 is 48.8 Å². The van der Waals surface area contributed by atoms with E-state index in [1.807, 2.05) is 0 Å². The van der Waals surface area contributed by atoms with Crippen molar-refractivity contribution in [3.05, 3.63) is 49.8 Å². The Morgan fingerprint density at radius 3 is 2.25 bits per heavy atom. The number of methoxy groups -OCH3 is 2.